The highest BCUT2D eigenvalue weighted by molar-refractivity contribution is 6.30. The topological polar surface area (TPSA) is 61.9 Å². The molecule has 3 rings (SSSR count). The lowest BCUT2D eigenvalue weighted by Gasteiger charge is -2.37. The second-order valence-corrected chi connectivity index (χ2v) is 7.74. The molecule has 1 saturated heterocycles. The normalized spacial score (nSPS) is 25.8. The van der Waals surface area contributed by atoms with E-state index in [2.05, 4.69) is 12.2 Å². The first kappa shape index (κ1) is 19.0. The van der Waals surface area contributed by atoms with Crippen molar-refractivity contribution in [1.29, 1.82) is 0 Å². The second kappa shape index (κ2) is 7.84. The Kier molecular flexibility index (Phi) is 5.73. The second-order valence-electron chi connectivity index (χ2n) is 7.30. The summed E-state index contributed by atoms with van der Waals surface area (Å²) in [4.78, 5) is 28.6. The van der Waals surface area contributed by atoms with Gasteiger partial charge in [0.2, 0.25) is 0 Å². The molecule has 1 aromatic carbocycles. The van der Waals surface area contributed by atoms with Crippen molar-refractivity contribution in [3.05, 3.63) is 29.3 Å². The van der Waals surface area contributed by atoms with Crippen molar-refractivity contribution in [1.82, 2.24) is 15.1 Å². The van der Waals surface area contributed by atoms with Crippen molar-refractivity contribution in [3.63, 3.8) is 0 Å². The molecule has 3 amide bonds. The number of hydrogen-bond donors (Lipinski definition) is 1. The van der Waals surface area contributed by atoms with Gasteiger partial charge in [0.25, 0.3) is 5.91 Å². The third kappa shape index (κ3) is 3.81. The summed E-state index contributed by atoms with van der Waals surface area (Å²) in [7, 11) is 1.88. The molecule has 1 aliphatic heterocycles. The number of carbonyl (C=O) groups is 2. The van der Waals surface area contributed by atoms with E-state index in [1.54, 1.807) is 12.1 Å². The van der Waals surface area contributed by atoms with E-state index >= 15 is 0 Å². The van der Waals surface area contributed by atoms with E-state index in [4.69, 9.17) is 16.3 Å². The van der Waals surface area contributed by atoms with Gasteiger partial charge in [0, 0.05) is 11.6 Å². The standard InChI is InChI=1S/C19H26ClN3O3/c1-14-5-3-4-10-19(14)17(24)23(18(25)21-19)13-22(2)11-12-26-16-8-6-15(20)7-9-16/h6-9,14H,3-5,10-13H2,1-2H3,(H,21,25)/t14-,19-/m0/s1. The average Bonchev–Trinajstić information content (AvgIpc) is 2.84. The van der Waals surface area contributed by atoms with Gasteiger partial charge in [-0.15, -0.1) is 0 Å². The maximum absolute atomic E-state index is 12.9. The smallest absolute Gasteiger partial charge is 0.326 e. The number of hydrogen-bond acceptors (Lipinski definition) is 4. The van der Waals surface area contributed by atoms with Gasteiger partial charge in [-0.05, 0) is 50.1 Å². The monoisotopic (exact) mass is 379 g/mol. The van der Waals surface area contributed by atoms with Crippen LogP contribution in [0.15, 0.2) is 24.3 Å². The summed E-state index contributed by atoms with van der Waals surface area (Å²) in [6.45, 7) is 3.39. The Bertz CT molecular complexity index is 666. The van der Waals surface area contributed by atoms with Crippen LogP contribution in [0.4, 0.5) is 4.79 Å². The number of imide groups is 1. The molecule has 1 heterocycles. The number of benzene rings is 1. The molecule has 2 aliphatic rings. The van der Waals surface area contributed by atoms with E-state index in [1.165, 1.54) is 4.90 Å². The highest BCUT2D eigenvalue weighted by Crippen LogP contribution is 2.38. The van der Waals surface area contributed by atoms with Crippen LogP contribution < -0.4 is 10.1 Å². The number of amides is 3. The molecule has 0 aromatic heterocycles. The highest BCUT2D eigenvalue weighted by atomic mass is 35.5. The van der Waals surface area contributed by atoms with Gasteiger partial charge >= 0.3 is 6.03 Å². The molecule has 1 saturated carbocycles. The summed E-state index contributed by atoms with van der Waals surface area (Å²) in [6, 6.07) is 6.90. The van der Waals surface area contributed by atoms with Crippen LogP contribution >= 0.6 is 11.6 Å². The van der Waals surface area contributed by atoms with E-state index in [1.807, 2.05) is 24.1 Å². The Morgan fingerprint density at radius 2 is 2.04 bits per heavy atom. The Morgan fingerprint density at radius 3 is 2.73 bits per heavy atom. The quantitative estimate of drug-likeness (QED) is 0.771. The number of halogens is 1. The number of carbonyl (C=O) groups excluding carboxylic acids is 2. The summed E-state index contributed by atoms with van der Waals surface area (Å²) in [5.41, 5.74) is -0.698. The molecule has 1 N–H and O–H groups in total. The molecular weight excluding hydrogens is 354 g/mol. The fourth-order valence-corrected chi connectivity index (χ4v) is 3.91. The third-order valence-electron chi connectivity index (χ3n) is 5.44. The molecule has 2 fully saturated rings. The van der Waals surface area contributed by atoms with Gasteiger partial charge in [-0.2, -0.15) is 0 Å². The summed E-state index contributed by atoms with van der Waals surface area (Å²) in [6.07, 6.45) is 3.81. The van der Waals surface area contributed by atoms with Crippen LogP contribution in [0, 0.1) is 5.92 Å². The molecule has 0 bridgehead atoms. The van der Waals surface area contributed by atoms with Gasteiger partial charge in [0.1, 0.15) is 17.9 Å². The Labute approximate surface area is 159 Å². The summed E-state index contributed by atoms with van der Waals surface area (Å²) < 4.78 is 5.67. The van der Waals surface area contributed by atoms with Crippen molar-refractivity contribution < 1.29 is 14.3 Å². The van der Waals surface area contributed by atoms with Crippen molar-refractivity contribution in [2.24, 2.45) is 5.92 Å². The molecule has 0 unspecified atom stereocenters. The molecule has 0 radical (unpaired) electrons. The molecule has 7 heteroatoms. The van der Waals surface area contributed by atoms with Crippen molar-refractivity contribution in [2.75, 3.05) is 26.9 Å². The zero-order chi connectivity index (χ0) is 18.7. The van der Waals surface area contributed by atoms with E-state index in [-0.39, 0.29) is 24.5 Å². The predicted molar refractivity (Wildman–Crippen MR) is 100 cm³/mol. The van der Waals surface area contributed by atoms with Crippen LogP contribution in [-0.2, 0) is 4.79 Å². The minimum atomic E-state index is -0.698. The molecule has 1 aliphatic carbocycles. The number of nitrogens with one attached hydrogen (secondary N) is 1. The largest absolute Gasteiger partial charge is 0.492 e. The van der Waals surface area contributed by atoms with E-state index in [0.29, 0.717) is 18.2 Å². The highest BCUT2D eigenvalue weighted by Gasteiger charge is 2.54. The Hall–Kier alpha value is -1.79. The summed E-state index contributed by atoms with van der Waals surface area (Å²) in [5, 5.41) is 3.64. The van der Waals surface area contributed by atoms with E-state index < -0.39 is 5.54 Å². The van der Waals surface area contributed by atoms with Crippen LogP contribution in [0.3, 0.4) is 0 Å². The maximum atomic E-state index is 12.9. The van der Waals surface area contributed by atoms with Crippen LogP contribution in [0.25, 0.3) is 0 Å². The van der Waals surface area contributed by atoms with Crippen molar-refractivity contribution >= 4 is 23.5 Å². The van der Waals surface area contributed by atoms with Crippen LogP contribution in [0.2, 0.25) is 5.02 Å². The SMILES string of the molecule is C[C@H]1CCCC[C@]12NC(=O)N(CN(C)CCOc1ccc(Cl)cc1)C2=O. The van der Waals surface area contributed by atoms with Gasteiger partial charge in [-0.1, -0.05) is 31.4 Å². The average molecular weight is 380 g/mol. The van der Waals surface area contributed by atoms with Crippen LogP contribution in [-0.4, -0.2) is 54.1 Å². The minimum Gasteiger partial charge on any atom is -0.492 e. The lowest BCUT2D eigenvalue weighted by atomic mass is 9.73. The van der Waals surface area contributed by atoms with E-state index in [9.17, 15) is 9.59 Å². The number of rotatable bonds is 6. The van der Waals surface area contributed by atoms with Gasteiger partial charge < -0.3 is 10.1 Å². The zero-order valence-corrected chi connectivity index (χ0v) is 16.1. The molecule has 1 aromatic rings. The predicted octanol–water partition coefficient (Wildman–Crippen LogP) is 3.11. The fraction of sp³-hybridized carbons (Fsp3) is 0.579. The molecule has 26 heavy (non-hydrogen) atoms. The molecule has 6 nitrogen and oxygen atoms in total. The number of likely N-dealkylation sites (N-methyl/N-ethyl adjacent to an activating group) is 1. The Balaban J connectivity index is 1.52. The minimum absolute atomic E-state index is 0.0832. The van der Waals surface area contributed by atoms with Gasteiger partial charge in [-0.3, -0.25) is 9.69 Å². The first-order valence-electron chi connectivity index (χ1n) is 9.13. The van der Waals surface area contributed by atoms with Gasteiger partial charge in [-0.25, -0.2) is 9.69 Å². The fourth-order valence-electron chi connectivity index (χ4n) is 3.79. The first-order valence-corrected chi connectivity index (χ1v) is 9.51. The molecular formula is C19H26ClN3O3. The van der Waals surface area contributed by atoms with Gasteiger partial charge in [0.05, 0.1) is 6.67 Å². The third-order valence-corrected chi connectivity index (χ3v) is 5.69. The molecule has 1 spiro atoms. The summed E-state index contributed by atoms with van der Waals surface area (Å²) >= 11 is 5.85. The Morgan fingerprint density at radius 1 is 1.31 bits per heavy atom. The van der Waals surface area contributed by atoms with Crippen molar-refractivity contribution in [3.8, 4) is 5.75 Å². The maximum Gasteiger partial charge on any atom is 0.326 e. The number of urea groups is 1. The van der Waals surface area contributed by atoms with Crippen LogP contribution in [0.5, 0.6) is 5.75 Å². The van der Waals surface area contributed by atoms with E-state index in [0.717, 1.165) is 31.4 Å². The lowest BCUT2D eigenvalue weighted by Crippen LogP contribution is -2.54. The number of ether oxygens (including phenoxy) is 1. The van der Waals surface area contributed by atoms with Crippen molar-refractivity contribution in [2.45, 2.75) is 38.1 Å². The van der Waals surface area contributed by atoms with Gasteiger partial charge in [0.15, 0.2) is 0 Å². The molecule has 142 valence electrons. The lowest BCUT2D eigenvalue weighted by molar-refractivity contribution is -0.135. The number of nitrogens with zero attached hydrogens (tertiary/aromatic N) is 2. The molecule has 2 atom stereocenters. The summed E-state index contributed by atoms with van der Waals surface area (Å²) in [5.74, 6) is 0.837. The van der Waals surface area contributed by atoms with Crippen LogP contribution in [0.1, 0.15) is 32.6 Å². The first-order chi connectivity index (χ1) is 12.4. The zero-order valence-electron chi connectivity index (χ0n) is 15.3.